The molecule has 0 aromatic carbocycles. The average molecular weight is 259 g/mol. The van der Waals surface area contributed by atoms with E-state index in [0.717, 1.165) is 0 Å². The minimum absolute atomic E-state index is 0.0641. The molecular weight excluding hydrogens is 246 g/mol. The van der Waals surface area contributed by atoms with Crippen molar-refractivity contribution in [3.63, 3.8) is 0 Å². The highest BCUT2D eigenvalue weighted by atomic mass is 32.2. The predicted molar refractivity (Wildman–Crippen MR) is 67.3 cm³/mol. The van der Waals surface area contributed by atoms with Crippen LogP contribution in [0.3, 0.4) is 0 Å². The Bertz CT molecular complexity index is 389. The number of anilines is 1. The summed E-state index contributed by atoms with van der Waals surface area (Å²) in [6.07, 6.45) is 1.87. The molecule has 1 aromatic rings. The predicted octanol–water partition coefficient (Wildman–Crippen LogP) is 2.22. The molecule has 1 aromatic heterocycles. The van der Waals surface area contributed by atoms with Gasteiger partial charge in [0.2, 0.25) is 5.91 Å². The van der Waals surface area contributed by atoms with E-state index >= 15 is 0 Å². The van der Waals surface area contributed by atoms with Crippen LogP contribution in [-0.2, 0) is 9.53 Å². The zero-order valence-electron chi connectivity index (χ0n) is 9.27. The lowest BCUT2D eigenvalue weighted by Gasteiger charge is -2.07. The maximum absolute atomic E-state index is 11.6. The lowest BCUT2D eigenvalue weighted by Crippen LogP contribution is -2.21. The Morgan fingerprint density at radius 1 is 1.50 bits per heavy atom. The van der Waals surface area contributed by atoms with Gasteiger partial charge >= 0.3 is 5.97 Å². The molecule has 0 saturated heterocycles. The Labute approximate surface area is 102 Å². The van der Waals surface area contributed by atoms with Gasteiger partial charge in [0.25, 0.3) is 0 Å². The van der Waals surface area contributed by atoms with Crippen LogP contribution in [0.2, 0.25) is 0 Å². The van der Waals surface area contributed by atoms with Crippen molar-refractivity contribution in [2.24, 2.45) is 0 Å². The van der Waals surface area contributed by atoms with E-state index in [-0.39, 0.29) is 17.1 Å². The number of hydrogen-bond donors (Lipinski definition) is 1. The van der Waals surface area contributed by atoms with Crippen LogP contribution >= 0.6 is 23.1 Å². The molecule has 1 heterocycles. The molecule has 0 fully saturated rings. The molecule has 16 heavy (non-hydrogen) atoms. The van der Waals surface area contributed by atoms with Gasteiger partial charge in [-0.2, -0.15) is 11.8 Å². The van der Waals surface area contributed by atoms with E-state index < -0.39 is 0 Å². The molecule has 1 amide bonds. The number of carbonyl (C=O) groups excluding carboxylic acids is 2. The number of rotatable bonds is 4. The first-order valence-corrected chi connectivity index (χ1v) is 6.70. The third-order valence-corrected chi connectivity index (χ3v) is 3.86. The van der Waals surface area contributed by atoms with Crippen molar-refractivity contribution in [1.82, 2.24) is 0 Å². The van der Waals surface area contributed by atoms with Crippen LogP contribution in [-0.4, -0.2) is 30.5 Å². The quantitative estimate of drug-likeness (QED) is 0.842. The van der Waals surface area contributed by atoms with Crippen molar-refractivity contribution in [1.29, 1.82) is 0 Å². The lowest BCUT2D eigenvalue weighted by molar-refractivity contribution is -0.115. The molecule has 0 bridgehead atoms. The molecule has 0 aliphatic rings. The van der Waals surface area contributed by atoms with E-state index in [0.29, 0.717) is 9.88 Å². The molecule has 1 N–H and O–H groups in total. The van der Waals surface area contributed by atoms with E-state index in [1.807, 2.05) is 13.2 Å². The largest absolute Gasteiger partial charge is 0.465 e. The third-order valence-electron chi connectivity index (χ3n) is 1.96. The Kier molecular flexibility index (Phi) is 4.82. The minimum Gasteiger partial charge on any atom is -0.465 e. The molecular formula is C10H13NO3S2. The summed E-state index contributed by atoms with van der Waals surface area (Å²) in [7, 11) is 1.33. The molecule has 1 unspecified atom stereocenters. The van der Waals surface area contributed by atoms with E-state index in [1.165, 1.54) is 30.2 Å². The molecule has 88 valence electrons. The summed E-state index contributed by atoms with van der Waals surface area (Å²) in [4.78, 5) is 23.2. The summed E-state index contributed by atoms with van der Waals surface area (Å²) >= 11 is 2.68. The number of ether oxygens (including phenoxy) is 1. The van der Waals surface area contributed by atoms with Gasteiger partial charge in [0.1, 0.15) is 4.88 Å². The van der Waals surface area contributed by atoms with Gasteiger partial charge in [-0.05, 0) is 25.3 Å². The van der Waals surface area contributed by atoms with Crippen molar-refractivity contribution in [2.75, 3.05) is 18.7 Å². The molecule has 4 nitrogen and oxygen atoms in total. The van der Waals surface area contributed by atoms with Gasteiger partial charge in [0.15, 0.2) is 0 Å². The van der Waals surface area contributed by atoms with Crippen LogP contribution in [0.15, 0.2) is 12.1 Å². The number of esters is 1. The van der Waals surface area contributed by atoms with Crippen molar-refractivity contribution in [3.05, 3.63) is 17.0 Å². The number of nitrogens with one attached hydrogen (secondary N) is 1. The fourth-order valence-electron chi connectivity index (χ4n) is 0.945. The van der Waals surface area contributed by atoms with Crippen LogP contribution in [0.5, 0.6) is 0 Å². The molecule has 0 aliphatic carbocycles. The number of thiophene rings is 1. The Balaban J connectivity index is 2.65. The average Bonchev–Trinajstić information content (AvgIpc) is 2.75. The number of thioether (sulfide) groups is 1. The molecule has 0 saturated carbocycles. The van der Waals surface area contributed by atoms with Crippen LogP contribution < -0.4 is 5.32 Å². The van der Waals surface area contributed by atoms with Gasteiger partial charge < -0.3 is 10.1 Å². The summed E-state index contributed by atoms with van der Waals surface area (Å²) < 4.78 is 4.58. The van der Waals surface area contributed by atoms with E-state index in [2.05, 4.69) is 10.1 Å². The number of hydrogen-bond acceptors (Lipinski definition) is 5. The fourth-order valence-corrected chi connectivity index (χ4v) is 2.05. The Morgan fingerprint density at radius 3 is 2.75 bits per heavy atom. The van der Waals surface area contributed by atoms with Crippen molar-refractivity contribution >= 4 is 40.0 Å². The maximum atomic E-state index is 11.6. The second kappa shape index (κ2) is 5.91. The molecule has 1 atom stereocenters. The first kappa shape index (κ1) is 13.1. The second-order valence-electron chi connectivity index (χ2n) is 3.02. The molecule has 0 radical (unpaired) electrons. The number of amides is 1. The lowest BCUT2D eigenvalue weighted by atomic mass is 10.4. The summed E-state index contributed by atoms with van der Waals surface area (Å²) in [5.74, 6) is -0.450. The van der Waals surface area contributed by atoms with E-state index in [1.54, 1.807) is 12.1 Å². The topological polar surface area (TPSA) is 55.4 Å². The van der Waals surface area contributed by atoms with Gasteiger partial charge in [-0.25, -0.2) is 4.79 Å². The second-order valence-corrected chi connectivity index (χ2v) is 5.28. The smallest absolute Gasteiger partial charge is 0.348 e. The summed E-state index contributed by atoms with van der Waals surface area (Å²) in [5, 5.41) is 3.29. The van der Waals surface area contributed by atoms with Crippen LogP contribution in [0.1, 0.15) is 16.6 Å². The van der Waals surface area contributed by atoms with Crippen LogP contribution in [0.4, 0.5) is 5.00 Å². The Morgan fingerprint density at radius 2 is 2.19 bits per heavy atom. The molecule has 6 heteroatoms. The maximum Gasteiger partial charge on any atom is 0.348 e. The molecule has 0 spiro atoms. The van der Waals surface area contributed by atoms with Crippen LogP contribution in [0, 0.1) is 0 Å². The third kappa shape index (κ3) is 3.24. The first-order chi connectivity index (χ1) is 7.58. The van der Waals surface area contributed by atoms with Crippen molar-refractivity contribution < 1.29 is 14.3 Å². The van der Waals surface area contributed by atoms with Crippen molar-refractivity contribution in [2.45, 2.75) is 12.2 Å². The van der Waals surface area contributed by atoms with Crippen LogP contribution in [0.25, 0.3) is 0 Å². The Hall–Kier alpha value is -1.01. The van der Waals surface area contributed by atoms with Gasteiger partial charge in [-0.1, -0.05) is 0 Å². The first-order valence-electron chi connectivity index (χ1n) is 4.60. The molecule has 0 aliphatic heterocycles. The fraction of sp³-hybridized carbons (Fsp3) is 0.400. The monoisotopic (exact) mass is 259 g/mol. The van der Waals surface area contributed by atoms with Gasteiger partial charge in [0, 0.05) is 0 Å². The molecule has 1 rings (SSSR count). The van der Waals surface area contributed by atoms with Gasteiger partial charge in [-0.3, -0.25) is 4.79 Å². The van der Waals surface area contributed by atoms with Gasteiger partial charge in [0.05, 0.1) is 17.4 Å². The summed E-state index contributed by atoms with van der Waals surface area (Å²) in [6.45, 7) is 1.83. The van der Waals surface area contributed by atoms with Gasteiger partial charge in [-0.15, -0.1) is 11.3 Å². The summed E-state index contributed by atoms with van der Waals surface area (Å²) in [5.41, 5.74) is 0. The highest BCUT2D eigenvalue weighted by molar-refractivity contribution is 7.99. The SMILES string of the molecule is COC(=O)c1ccc(NC(=O)C(C)SC)s1. The highest BCUT2D eigenvalue weighted by Crippen LogP contribution is 2.23. The minimum atomic E-state index is -0.386. The zero-order valence-corrected chi connectivity index (χ0v) is 10.9. The highest BCUT2D eigenvalue weighted by Gasteiger charge is 2.14. The normalized spacial score (nSPS) is 11.9. The van der Waals surface area contributed by atoms with E-state index in [4.69, 9.17) is 0 Å². The standard InChI is InChI=1S/C10H13NO3S2/c1-6(15-3)9(12)11-8-5-4-7(16-8)10(13)14-2/h4-6H,1-3H3,(H,11,12). The van der Waals surface area contributed by atoms with E-state index in [9.17, 15) is 9.59 Å². The number of methoxy groups -OCH3 is 1. The zero-order chi connectivity index (χ0) is 12.1. The summed E-state index contributed by atoms with van der Waals surface area (Å²) in [6, 6.07) is 3.33. The van der Waals surface area contributed by atoms with Crippen molar-refractivity contribution in [3.8, 4) is 0 Å². The number of carbonyl (C=O) groups is 2.